The summed E-state index contributed by atoms with van der Waals surface area (Å²) in [5.41, 5.74) is -0.445. The van der Waals surface area contributed by atoms with Gasteiger partial charge in [-0.25, -0.2) is 0 Å². The fraction of sp³-hybridized carbons (Fsp3) is 0.588. The van der Waals surface area contributed by atoms with Gasteiger partial charge in [-0.1, -0.05) is 0 Å². The molecule has 1 aromatic carbocycles. The molecular weight excluding hydrogens is 342 g/mol. The summed E-state index contributed by atoms with van der Waals surface area (Å²) in [6, 6.07) is 2.90. The van der Waals surface area contributed by atoms with Crippen molar-refractivity contribution in [2.24, 2.45) is 0 Å². The van der Waals surface area contributed by atoms with Gasteiger partial charge >= 0.3 is 0 Å². The number of benzene rings is 1. The van der Waals surface area contributed by atoms with E-state index in [1.165, 1.54) is 27.4 Å². The number of nitro benzene ring substituents is 1. The molecule has 0 radical (unpaired) electrons. The molecular formula is C17H25N3O6. The van der Waals surface area contributed by atoms with Crippen molar-refractivity contribution in [1.29, 1.82) is 0 Å². The molecule has 0 aliphatic carbocycles. The van der Waals surface area contributed by atoms with Crippen LogP contribution in [0.1, 0.15) is 18.4 Å². The second kappa shape index (κ2) is 8.81. The van der Waals surface area contributed by atoms with Gasteiger partial charge in [0.2, 0.25) is 0 Å². The van der Waals surface area contributed by atoms with Gasteiger partial charge in [-0.3, -0.25) is 14.9 Å². The average Bonchev–Trinajstić information content (AvgIpc) is 2.67. The number of nitrogens with zero attached hydrogens (tertiary/aromatic N) is 1. The summed E-state index contributed by atoms with van der Waals surface area (Å²) in [5.74, 6) is 0.510. The standard InChI is InChI=1S/C17H25N3O6/c1-24-14-10-12(13(20(22)23)11-15(14)25-2)4-7-19-16(21)17(26-3)5-8-18-9-6-17/h10-11,18H,4-9H2,1-3H3,(H,19,21). The van der Waals surface area contributed by atoms with E-state index in [-0.39, 0.29) is 18.1 Å². The second-order valence-corrected chi connectivity index (χ2v) is 6.05. The molecule has 1 aromatic rings. The van der Waals surface area contributed by atoms with Crippen molar-refractivity contribution in [3.63, 3.8) is 0 Å². The van der Waals surface area contributed by atoms with Gasteiger partial charge in [0, 0.05) is 19.2 Å². The van der Waals surface area contributed by atoms with Gasteiger partial charge in [-0.2, -0.15) is 0 Å². The number of hydrogen-bond acceptors (Lipinski definition) is 7. The maximum Gasteiger partial charge on any atom is 0.276 e. The largest absolute Gasteiger partial charge is 0.493 e. The van der Waals surface area contributed by atoms with E-state index in [9.17, 15) is 14.9 Å². The van der Waals surface area contributed by atoms with E-state index in [2.05, 4.69) is 10.6 Å². The Balaban J connectivity index is 2.08. The summed E-state index contributed by atoms with van der Waals surface area (Å²) in [5, 5.41) is 17.4. The summed E-state index contributed by atoms with van der Waals surface area (Å²) in [7, 11) is 4.42. The fourth-order valence-electron chi connectivity index (χ4n) is 3.11. The Morgan fingerprint density at radius 1 is 1.23 bits per heavy atom. The predicted molar refractivity (Wildman–Crippen MR) is 94.8 cm³/mol. The lowest BCUT2D eigenvalue weighted by Gasteiger charge is -2.34. The molecule has 1 fully saturated rings. The number of nitrogens with one attached hydrogen (secondary N) is 2. The molecule has 0 atom stereocenters. The van der Waals surface area contributed by atoms with E-state index in [1.54, 1.807) is 6.07 Å². The van der Waals surface area contributed by atoms with Gasteiger partial charge in [-0.05, 0) is 38.4 Å². The highest BCUT2D eigenvalue weighted by atomic mass is 16.6. The number of amides is 1. The monoisotopic (exact) mass is 367 g/mol. The Morgan fingerprint density at radius 2 is 1.85 bits per heavy atom. The first-order valence-electron chi connectivity index (χ1n) is 8.41. The highest BCUT2D eigenvalue weighted by Crippen LogP contribution is 2.34. The number of piperidine rings is 1. The Labute approximate surface area is 152 Å². The Kier molecular flexibility index (Phi) is 6.76. The maximum atomic E-state index is 12.5. The number of carbonyl (C=O) groups excluding carboxylic acids is 1. The van der Waals surface area contributed by atoms with Gasteiger partial charge < -0.3 is 24.8 Å². The molecule has 1 heterocycles. The van der Waals surface area contributed by atoms with Crippen LogP contribution in [0.5, 0.6) is 11.5 Å². The lowest BCUT2D eigenvalue weighted by molar-refractivity contribution is -0.385. The first-order chi connectivity index (χ1) is 12.5. The van der Waals surface area contributed by atoms with Crippen LogP contribution in [0, 0.1) is 10.1 Å². The van der Waals surface area contributed by atoms with Crippen LogP contribution in [0.3, 0.4) is 0 Å². The van der Waals surface area contributed by atoms with Gasteiger partial charge in [0.1, 0.15) is 5.60 Å². The van der Waals surface area contributed by atoms with Crippen molar-refractivity contribution in [1.82, 2.24) is 10.6 Å². The van der Waals surface area contributed by atoms with Gasteiger partial charge in [0.05, 0.1) is 25.2 Å². The normalized spacial score (nSPS) is 16.0. The second-order valence-electron chi connectivity index (χ2n) is 6.05. The molecule has 2 N–H and O–H groups in total. The summed E-state index contributed by atoms with van der Waals surface area (Å²) < 4.78 is 15.8. The van der Waals surface area contributed by atoms with Crippen molar-refractivity contribution >= 4 is 11.6 Å². The average molecular weight is 367 g/mol. The molecule has 9 nitrogen and oxygen atoms in total. The number of ether oxygens (including phenoxy) is 3. The molecule has 0 aromatic heterocycles. The number of nitro groups is 1. The molecule has 2 rings (SSSR count). The zero-order valence-corrected chi connectivity index (χ0v) is 15.3. The van der Waals surface area contributed by atoms with Crippen LogP contribution in [0.15, 0.2) is 12.1 Å². The quantitative estimate of drug-likeness (QED) is 0.521. The van der Waals surface area contributed by atoms with E-state index >= 15 is 0 Å². The Bertz CT molecular complexity index is 658. The molecule has 26 heavy (non-hydrogen) atoms. The van der Waals surface area contributed by atoms with E-state index < -0.39 is 10.5 Å². The first-order valence-corrected chi connectivity index (χ1v) is 8.41. The van der Waals surface area contributed by atoms with Crippen molar-refractivity contribution in [3.05, 3.63) is 27.8 Å². The molecule has 0 unspecified atom stereocenters. The summed E-state index contributed by atoms with van der Waals surface area (Å²) in [6.07, 6.45) is 1.47. The SMILES string of the molecule is COc1cc(CCNC(=O)C2(OC)CCNCC2)c([N+](=O)[O-])cc1OC. The number of rotatable bonds is 8. The van der Waals surface area contributed by atoms with Crippen molar-refractivity contribution in [3.8, 4) is 11.5 Å². The van der Waals surface area contributed by atoms with Crippen LogP contribution >= 0.6 is 0 Å². The van der Waals surface area contributed by atoms with Crippen molar-refractivity contribution in [2.75, 3.05) is 41.0 Å². The lowest BCUT2D eigenvalue weighted by Crippen LogP contribution is -2.54. The predicted octanol–water partition coefficient (Wildman–Crippen LogP) is 1.04. The molecule has 9 heteroatoms. The Hall–Kier alpha value is -2.39. The van der Waals surface area contributed by atoms with Gasteiger partial charge in [0.15, 0.2) is 11.5 Å². The van der Waals surface area contributed by atoms with Crippen molar-refractivity contribution < 1.29 is 23.9 Å². The zero-order chi connectivity index (χ0) is 19.2. The smallest absolute Gasteiger partial charge is 0.276 e. The molecule has 144 valence electrons. The third-order valence-electron chi connectivity index (χ3n) is 4.68. The van der Waals surface area contributed by atoms with Crippen LogP contribution in [0.25, 0.3) is 0 Å². The van der Waals surface area contributed by atoms with Gasteiger partial charge in [-0.15, -0.1) is 0 Å². The van der Waals surface area contributed by atoms with Crippen LogP contribution < -0.4 is 20.1 Å². The van der Waals surface area contributed by atoms with Crippen LogP contribution in [-0.4, -0.2) is 57.4 Å². The molecule has 1 aliphatic heterocycles. The summed E-state index contributed by atoms with van der Waals surface area (Å²) in [4.78, 5) is 23.4. The first kappa shape index (κ1) is 19.9. The van der Waals surface area contributed by atoms with Crippen LogP contribution in [0.4, 0.5) is 5.69 Å². The molecule has 1 amide bonds. The van der Waals surface area contributed by atoms with Gasteiger partial charge in [0.25, 0.3) is 11.6 Å². The molecule has 0 bridgehead atoms. The van der Waals surface area contributed by atoms with E-state index in [1.807, 2.05) is 0 Å². The maximum absolute atomic E-state index is 12.5. The molecule has 1 aliphatic rings. The van der Waals surface area contributed by atoms with E-state index in [4.69, 9.17) is 14.2 Å². The Morgan fingerprint density at radius 3 is 2.38 bits per heavy atom. The number of hydrogen-bond donors (Lipinski definition) is 2. The minimum absolute atomic E-state index is 0.0692. The minimum Gasteiger partial charge on any atom is -0.493 e. The fourth-order valence-corrected chi connectivity index (χ4v) is 3.11. The number of carbonyl (C=O) groups is 1. The summed E-state index contributed by atoms with van der Waals surface area (Å²) >= 11 is 0. The van der Waals surface area contributed by atoms with E-state index in [0.29, 0.717) is 49.4 Å². The number of methoxy groups -OCH3 is 3. The highest BCUT2D eigenvalue weighted by Gasteiger charge is 2.39. The molecule has 1 saturated heterocycles. The lowest BCUT2D eigenvalue weighted by atomic mass is 9.91. The summed E-state index contributed by atoms with van der Waals surface area (Å²) in [6.45, 7) is 1.68. The van der Waals surface area contributed by atoms with Crippen LogP contribution in [0.2, 0.25) is 0 Å². The highest BCUT2D eigenvalue weighted by molar-refractivity contribution is 5.85. The van der Waals surface area contributed by atoms with Crippen molar-refractivity contribution in [2.45, 2.75) is 24.9 Å². The minimum atomic E-state index is -0.839. The zero-order valence-electron chi connectivity index (χ0n) is 15.3. The van der Waals surface area contributed by atoms with E-state index in [0.717, 1.165) is 0 Å². The third kappa shape index (κ3) is 4.23. The molecule has 0 saturated carbocycles. The molecule has 0 spiro atoms. The van der Waals surface area contributed by atoms with Crippen LogP contribution in [-0.2, 0) is 16.0 Å². The third-order valence-corrected chi connectivity index (χ3v) is 4.68. The topological polar surface area (TPSA) is 112 Å².